The molecule has 2 heterocycles. The Morgan fingerprint density at radius 1 is 1.13 bits per heavy atom. The lowest BCUT2D eigenvalue weighted by Gasteiger charge is -2.32. The third kappa shape index (κ3) is 5.23. The van der Waals surface area contributed by atoms with Crippen LogP contribution in [-0.2, 0) is 14.3 Å². The van der Waals surface area contributed by atoms with Gasteiger partial charge >= 0.3 is 12.1 Å². The van der Waals surface area contributed by atoms with Crippen LogP contribution in [0.1, 0.15) is 76.0 Å². The van der Waals surface area contributed by atoms with Gasteiger partial charge < -0.3 is 18.8 Å². The summed E-state index contributed by atoms with van der Waals surface area (Å²) in [5, 5.41) is 1.08. The molecular formula is C25H33NO5. The fraction of sp³-hybridized carbons (Fsp3) is 0.600. The van der Waals surface area contributed by atoms with Crippen LogP contribution in [0.3, 0.4) is 0 Å². The number of esters is 1. The average molecular weight is 428 g/mol. The minimum atomic E-state index is -0.476. The van der Waals surface area contributed by atoms with Gasteiger partial charge in [0.1, 0.15) is 16.9 Å². The molecule has 1 aromatic carbocycles. The van der Waals surface area contributed by atoms with Crippen LogP contribution in [0.2, 0.25) is 0 Å². The maximum absolute atomic E-state index is 12.3. The van der Waals surface area contributed by atoms with Gasteiger partial charge in [0.25, 0.3) is 0 Å². The molecule has 1 aliphatic carbocycles. The molecule has 31 heavy (non-hydrogen) atoms. The highest BCUT2D eigenvalue weighted by molar-refractivity contribution is 5.79. The first-order valence-electron chi connectivity index (χ1n) is 11.3. The molecule has 0 bridgehead atoms. The van der Waals surface area contributed by atoms with Crippen LogP contribution in [0.5, 0.6) is 0 Å². The number of hydrogen-bond donors (Lipinski definition) is 0. The van der Waals surface area contributed by atoms with E-state index in [2.05, 4.69) is 24.3 Å². The maximum Gasteiger partial charge on any atom is 0.410 e. The van der Waals surface area contributed by atoms with E-state index in [0.29, 0.717) is 31.3 Å². The first kappa shape index (κ1) is 21.7. The molecule has 0 spiro atoms. The second-order valence-corrected chi connectivity index (χ2v) is 9.91. The first-order valence-corrected chi connectivity index (χ1v) is 11.3. The van der Waals surface area contributed by atoms with Crippen molar-refractivity contribution < 1.29 is 23.5 Å². The molecular weight excluding hydrogens is 394 g/mol. The van der Waals surface area contributed by atoms with E-state index in [1.54, 1.807) is 4.90 Å². The van der Waals surface area contributed by atoms with E-state index in [1.165, 1.54) is 20.0 Å². The van der Waals surface area contributed by atoms with Gasteiger partial charge in [0.15, 0.2) is 0 Å². The van der Waals surface area contributed by atoms with Gasteiger partial charge in [-0.25, -0.2) is 4.79 Å². The summed E-state index contributed by atoms with van der Waals surface area (Å²) in [6.45, 7) is 7.01. The average Bonchev–Trinajstić information content (AvgIpc) is 3.48. The molecule has 1 aromatic heterocycles. The van der Waals surface area contributed by atoms with Crippen LogP contribution < -0.4 is 0 Å². The van der Waals surface area contributed by atoms with Gasteiger partial charge in [-0.15, -0.1) is 0 Å². The highest BCUT2D eigenvalue weighted by Crippen LogP contribution is 2.45. The monoisotopic (exact) mass is 427 g/mol. The van der Waals surface area contributed by atoms with Crippen molar-refractivity contribution in [1.29, 1.82) is 0 Å². The summed E-state index contributed by atoms with van der Waals surface area (Å²) in [5.41, 5.74) is 1.55. The van der Waals surface area contributed by atoms with Gasteiger partial charge in [-0.3, -0.25) is 4.79 Å². The van der Waals surface area contributed by atoms with Gasteiger partial charge in [0.05, 0.1) is 13.5 Å². The van der Waals surface area contributed by atoms with E-state index in [0.717, 1.165) is 35.1 Å². The van der Waals surface area contributed by atoms with Crippen molar-refractivity contribution in [1.82, 2.24) is 4.90 Å². The lowest BCUT2D eigenvalue weighted by atomic mass is 9.90. The highest BCUT2D eigenvalue weighted by atomic mass is 16.6. The smallest absolute Gasteiger partial charge is 0.410 e. The number of methoxy groups -OCH3 is 1. The lowest BCUT2D eigenvalue weighted by molar-refractivity contribution is -0.141. The Kier molecular flexibility index (Phi) is 6.00. The molecule has 2 aromatic rings. The van der Waals surface area contributed by atoms with Gasteiger partial charge in [0, 0.05) is 24.4 Å². The number of ether oxygens (including phenoxy) is 2. The Morgan fingerprint density at radius 2 is 1.84 bits per heavy atom. The van der Waals surface area contributed by atoms with Crippen LogP contribution >= 0.6 is 0 Å². The normalized spacial score (nSPS) is 18.8. The van der Waals surface area contributed by atoms with E-state index in [-0.39, 0.29) is 18.0 Å². The summed E-state index contributed by atoms with van der Waals surface area (Å²) in [6, 6.07) is 8.44. The second kappa shape index (κ2) is 8.56. The molecule has 1 saturated carbocycles. The minimum Gasteiger partial charge on any atom is -0.469 e. The van der Waals surface area contributed by atoms with E-state index >= 15 is 0 Å². The summed E-state index contributed by atoms with van der Waals surface area (Å²) < 4.78 is 16.7. The molecule has 1 saturated heterocycles. The van der Waals surface area contributed by atoms with Gasteiger partial charge in [-0.05, 0) is 76.0 Å². The van der Waals surface area contributed by atoms with Crippen molar-refractivity contribution in [2.24, 2.45) is 5.92 Å². The predicted molar refractivity (Wildman–Crippen MR) is 118 cm³/mol. The molecule has 2 aliphatic rings. The number of fused-ring (bicyclic) bond motifs is 1. The Hall–Kier alpha value is -2.50. The number of nitrogens with zero attached hydrogens (tertiary/aromatic N) is 1. The third-order valence-corrected chi connectivity index (χ3v) is 6.35. The highest BCUT2D eigenvalue weighted by Gasteiger charge is 2.34. The van der Waals surface area contributed by atoms with Crippen molar-refractivity contribution in [3.8, 4) is 0 Å². The largest absolute Gasteiger partial charge is 0.469 e. The maximum atomic E-state index is 12.3. The zero-order valence-corrected chi connectivity index (χ0v) is 19.0. The number of carbonyl (C=O) groups is 2. The molecule has 2 fully saturated rings. The van der Waals surface area contributed by atoms with Crippen LogP contribution in [0.15, 0.2) is 28.7 Å². The molecule has 168 valence electrons. The number of carbonyl (C=O) groups excluding carboxylic acids is 2. The standard InChI is InChI=1S/C25H33NO5/c1-25(2,3)31-24(28)26-11-9-17(10-12-26)21-14-19-8-7-18(13-22(19)30-21)20(16-5-6-16)15-23(27)29-4/h7-8,13-14,16-17,20H,5-6,9-12,15H2,1-4H3/t20-/m0/s1. The first-order chi connectivity index (χ1) is 14.7. The summed E-state index contributed by atoms with van der Waals surface area (Å²) >= 11 is 0. The van der Waals surface area contributed by atoms with Crippen molar-refractivity contribution in [3.63, 3.8) is 0 Å². The van der Waals surface area contributed by atoms with Crippen LogP contribution in [0.4, 0.5) is 4.79 Å². The molecule has 4 rings (SSSR count). The molecule has 1 amide bonds. The van der Waals surface area contributed by atoms with E-state index in [1.807, 2.05) is 20.8 Å². The Morgan fingerprint density at radius 3 is 2.45 bits per heavy atom. The van der Waals surface area contributed by atoms with Gasteiger partial charge in [-0.2, -0.15) is 0 Å². The molecule has 0 N–H and O–H groups in total. The number of piperidine rings is 1. The summed E-state index contributed by atoms with van der Waals surface area (Å²) in [4.78, 5) is 26.0. The number of furan rings is 1. The summed E-state index contributed by atoms with van der Waals surface area (Å²) in [6.07, 6.45) is 4.23. The number of amides is 1. The number of benzene rings is 1. The van der Waals surface area contributed by atoms with Crippen LogP contribution in [-0.4, -0.2) is 42.8 Å². The van der Waals surface area contributed by atoms with E-state index < -0.39 is 5.60 Å². The summed E-state index contributed by atoms with van der Waals surface area (Å²) in [5.74, 6) is 1.87. The quantitative estimate of drug-likeness (QED) is 0.581. The van der Waals surface area contributed by atoms with E-state index in [4.69, 9.17) is 13.9 Å². The molecule has 0 unspecified atom stereocenters. The number of likely N-dealkylation sites (tertiary alicyclic amines) is 1. The Bertz CT molecular complexity index is 944. The lowest BCUT2D eigenvalue weighted by Crippen LogP contribution is -2.41. The number of hydrogen-bond acceptors (Lipinski definition) is 5. The van der Waals surface area contributed by atoms with Gasteiger partial charge in [-0.1, -0.05) is 12.1 Å². The van der Waals surface area contributed by atoms with Crippen molar-refractivity contribution in [3.05, 3.63) is 35.6 Å². The molecule has 1 atom stereocenters. The molecule has 6 heteroatoms. The Labute approximate surface area is 183 Å². The van der Waals surface area contributed by atoms with Crippen LogP contribution in [0.25, 0.3) is 11.0 Å². The van der Waals surface area contributed by atoms with Crippen molar-refractivity contribution >= 4 is 23.0 Å². The zero-order valence-electron chi connectivity index (χ0n) is 19.0. The summed E-state index contributed by atoms with van der Waals surface area (Å²) in [7, 11) is 1.45. The SMILES string of the molecule is COC(=O)C[C@H](c1ccc2cc(C3CCN(C(=O)OC(C)(C)C)CC3)oc2c1)C1CC1. The zero-order chi connectivity index (χ0) is 22.2. The third-order valence-electron chi connectivity index (χ3n) is 6.35. The molecule has 6 nitrogen and oxygen atoms in total. The predicted octanol–water partition coefficient (Wildman–Crippen LogP) is 5.60. The fourth-order valence-corrected chi connectivity index (χ4v) is 4.49. The van der Waals surface area contributed by atoms with Gasteiger partial charge in [0.2, 0.25) is 0 Å². The van der Waals surface area contributed by atoms with Crippen molar-refractivity contribution in [2.75, 3.05) is 20.2 Å². The second-order valence-electron chi connectivity index (χ2n) is 9.91. The minimum absolute atomic E-state index is 0.158. The number of rotatable bonds is 5. The van der Waals surface area contributed by atoms with E-state index in [9.17, 15) is 9.59 Å². The molecule has 0 radical (unpaired) electrons. The fourth-order valence-electron chi connectivity index (χ4n) is 4.49. The van der Waals surface area contributed by atoms with Crippen molar-refractivity contribution in [2.45, 2.75) is 70.3 Å². The Balaban J connectivity index is 1.44. The molecule has 1 aliphatic heterocycles. The topological polar surface area (TPSA) is 69.0 Å². The van der Waals surface area contributed by atoms with Crippen LogP contribution in [0, 0.1) is 5.92 Å².